The van der Waals surface area contributed by atoms with Gasteiger partial charge < -0.3 is 9.69 Å². The van der Waals surface area contributed by atoms with Crippen LogP contribution in [0.25, 0.3) is 33.0 Å². The van der Waals surface area contributed by atoms with E-state index in [1.54, 1.807) is 0 Å². The molecule has 6 nitrogen and oxygen atoms in total. The molecule has 6 heteroatoms. The van der Waals surface area contributed by atoms with Gasteiger partial charge in [0.1, 0.15) is 23.5 Å². The third-order valence-corrected chi connectivity index (χ3v) is 8.09. The molecule has 5 rings (SSSR count). The molecule has 0 fully saturated rings. The van der Waals surface area contributed by atoms with Gasteiger partial charge in [0.15, 0.2) is 0 Å². The number of fused-ring (bicyclic) bond motifs is 5. The molecule has 37 heavy (non-hydrogen) atoms. The molecule has 0 saturated heterocycles. The minimum absolute atomic E-state index is 0.160. The van der Waals surface area contributed by atoms with Crippen LogP contribution >= 0.6 is 0 Å². The first-order valence-corrected chi connectivity index (χ1v) is 12.0. The average molecular weight is 481 g/mol. The summed E-state index contributed by atoms with van der Waals surface area (Å²) in [4.78, 5) is 15.2. The molecule has 0 radical (unpaired) electrons. The van der Waals surface area contributed by atoms with Crippen LogP contribution in [0.1, 0.15) is 74.9 Å². The smallest absolute Gasteiger partial charge is 0.349 e. The molecule has 0 aliphatic heterocycles. The van der Waals surface area contributed by atoms with Gasteiger partial charge in [-0.25, -0.2) is 10.5 Å². The number of amidine groups is 2. The normalized spacial score (nSPS) is 19.2. The predicted octanol–water partition coefficient (Wildman–Crippen LogP) is 6.94. The van der Waals surface area contributed by atoms with Gasteiger partial charge in [0.2, 0.25) is 0 Å². The zero-order chi connectivity index (χ0) is 26.9. The maximum Gasteiger partial charge on any atom is 0.349 e. The number of allylic oxidation sites excluding steroid dienone is 2. The first-order chi connectivity index (χ1) is 17.4. The highest BCUT2D eigenvalue weighted by Gasteiger charge is 2.44. The van der Waals surface area contributed by atoms with Crippen LogP contribution in [0.15, 0.2) is 45.6 Å². The van der Waals surface area contributed by atoms with Crippen LogP contribution in [-0.4, -0.2) is 11.7 Å². The second-order valence-corrected chi connectivity index (χ2v) is 11.2. The summed E-state index contributed by atoms with van der Waals surface area (Å²) in [5, 5.41) is 18.5. The van der Waals surface area contributed by atoms with Crippen molar-refractivity contribution in [2.75, 3.05) is 0 Å². The van der Waals surface area contributed by atoms with Crippen molar-refractivity contribution in [2.24, 2.45) is 9.98 Å². The number of nitriles is 2. The number of nitrogens with zero attached hydrogens (tertiary/aromatic N) is 6. The molecule has 2 aromatic carbocycles. The Morgan fingerprint density at radius 2 is 1.03 bits per heavy atom. The molecule has 3 aliphatic carbocycles. The van der Waals surface area contributed by atoms with Gasteiger partial charge in [-0.1, -0.05) is 27.0 Å². The molecule has 0 amide bonds. The maximum atomic E-state index is 9.24. The molecular formula is C31H24N6. The largest absolute Gasteiger partial charge is 0.351 e. The second kappa shape index (κ2) is 7.61. The summed E-state index contributed by atoms with van der Waals surface area (Å²) in [6.07, 6.45) is 3.99. The molecule has 0 saturated carbocycles. The van der Waals surface area contributed by atoms with Crippen molar-refractivity contribution >= 4 is 23.8 Å². The first kappa shape index (κ1) is 23.9. The topological polar surface area (TPSA) is 81.0 Å². The third-order valence-electron chi connectivity index (χ3n) is 8.09. The lowest BCUT2D eigenvalue weighted by atomic mass is 9.79. The Balaban J connectivity index is 1.68. The highest BCUT2D eigenvalue weighted by atomic mass is 14.9. The van der Waals surface area contributed by atoms with Crippen molar-refractivity contribution in [3.05, 3.63) is 91.9 Å². The lowest BCUT2D eigenvalue weighted by Crippen LogP contribution is -2.19. The van der Waals surface area contributed by atoms with Gasteiger partial charge in [0.25, 0.3) is 0 Å². The van der Waals surface area contributed by atoms with E-state index in [1.807, 2.05) is 24.3 Å². The fourth-order valence-electron chi connectivity index (χ4n) is 5.83. The van der Waals surface area contributed by atoms with Crippen LogP contribution in [0.2, 0.25) is 0 Å². The molecule has 0 aromatic heterocycles. The van der Waals surface area contributed by atoms with Crippen LogP contribution in [0.4, 0.5) is 0 Å². The van der Waals surface area contributed by atoms with Crippen LogP contribution in [0.3, 0.4) is 0 Å². The summed E-state index contributed by atoms with van der Waals surface area (Å²) in [6, 6.07) is 12.7. The lowest BCUT2D eigenvalue weighted by molar-refractivity contribution is 0.628. The van der Waals surface area contributed by atoms with Crippen LogP contribution in [0.5, 0.6) is 0 Å². The van der Waals surface area contributed by atoms with Crippen molar-refractivity contribution in [1.29, 1.82) is 10.5 Å². The molecular weight excluding hydrogens is 456 g/mol. The Morgan fingerprint density at radius 3 is 1.35 bits per heavy atom. The fourth-order valence-corrected chi connectivity index (χ4v) is 5.83. The monoisotopic (exact) mass is 480 g/mol. The van der Waals surface area contributed by atoms with E-state index in [4.69, 9.17) is 13.1 Å². The van der Waals surface area contributed by atoms with Crippen molar-refractivity contribution < 1.29 is 0 Å². The Kier molecular flexibility index (Phi) is 4.92. The van der Waals surface area contributed by atoms with E-state index < -0.39 is 10.8 Å². The van der Waals surface area contributed by atoms with Gasteiger partial charge in [-0.05, 0) is 109 Å². The number of rotatable bonds is 2. The van der Waals surface area contributed by atoms with Gasteiger partial charge in [0, 0.05) is 5.41 Å². The molecule has 3 aliphatic rings. The van der Waals surface area contributed by atoms with Crippen molar-refractivity contribution in [2.45, 2.75) is 57.8 Å². The van der Waals surface area contributed by atoms with E-state index in [9.17, 15) is 10.5 Å². The third kappa shape index (κ3) is 3.20. The standard InChI is InChI=1S/C31H24N6/c1-29(2)23-9-17-11-25(36-27(15-32)34-7)30(3,4)21(17)13-19(23)20-14-22-18(10-24(20)29)12-26(31(22,5)6)37-28(16-33)35-8/h9-14H,1-6H3. The highest BCUT2D eigenvalue weighted by Crippen LogP contribution is 2.55. The lowest BCUT2D eigenvalue weighted by Gasteiger charge is -2.24. The molecule has 2 aromatic rings. The average Bonchev–Trinajstić information content (AvgIpc) is 3.35. The van der Waals surface area contributed by atoms with E-state index >= 15 is 0 Å². The van der Waals surface area contributed by atoms with Crippen LogP contribution in [0, 0.1) is 35.8 Å². The van der Waals surface area contributed by atoms with E-state index in [0.29, 0.717) is 11.4 Å². The van der Waals surface area contributed by atoms with Crippen molar-refractivity contribution in [1.82, 2.24) is 0 Å². The SMILES string of the molecule is [C-]#[N+]C(C#N)=NC1=Cc2cc3c(cc2C1(C)C)-c1cc2c(cc1C3(C)C)C=C(N=C(C#N)[N+]#[C-])C2(C)C. The van der Waals surface area contributed by atoms with Crippen LogP contribution in [-0.2, 0) is 16.2 Å². The summed E-state index contributed by atoms with van der Waals surface area (Å²) in [6.45, 7) is 27.2. The van der Waals surface area contributed by atoms with Gasteiger partial charge >= 0.3 is 11.7 Å². The first-order valence-electron chi connectivity index (χ1n) is 12.0. The number of benzene rings is 2. The summed E-state index contributed by atoms with van der Waals surface area (Å²) >= 11 is 0. The second-order valence-electron chi connectivity index (χ2n) is 11.2. The van der Waals surface area contributed by atoms with Crippen molar-refractivity contribution in [3.63, 3.8) is 0 Å². The minimum atomic E-state index is -0.447. The molecule has 0 spiro atoms. The van der Waals surface area contributed by atoms with E-state index in [2.05, 4.69) is 85.5 Å². The number of hydrogen-bond acceptors (Lipinski definition) is 4. The Hall–Kier alpha value is -4.78. The summed E-state index contributed by atoms with van der Waals surface area (Å²) in [7, 11) is 0. The number of aliphatic imine (C=N–C) groups is 2. The molecule has 0 atom stereocenters. The molecule has 0 bridgehead atoms. The molecule has 0 unspecified atom stereocenters. The Bertz CT molecular complexity index is 1570. The van der Waals surface area contributed by atoms with Crippen molar-refractivity contribution in [3.8, 4) is 23.3 Å². The van der Waals surface area contributed by atoms with Gasteiger partial charge in [0.05, 0.1) is 10.8 Å². The zero-order valence-corrected chi connectivity index (χ0v) is 21.6. The molecule has 0 heterocycles. The summed E-state index contributed by atoms with van der Waals surface area (Å²) < 4.78 is 0. The Morgan fingerprint density at radius 1 is 0.649 bits per heavy atom. The van der Waals surface area contributed by atoms with Gasteiger partial charge in [-0.2, -0.15) is 0 Å². The van der Waals surface area contributed by atoms with E-state index in [1.165, 1.54) is 22.3 Å². The number of hydrogen-bond donors (Lipinski definition) is 0. The van der Waals surface area contributed by atoms with E-state index in [-0.39, 0.29) is 17.1 Å². The quantitative estimate of drug-likeness (QED) is 0.265. The maximum absolute atomic E-state index is 9.24. The zero-order valence-electron chi connectivity index (χ0n) is 21.6. The van der Waals surface area contributed by atoms with Crippen LogP contribution < -0.4 is 0 Å². The summed E-state index contributed by atoms with van der Waals surface area (Å²) in [5.74, 6) is -0.321. The predicted molar refractivity (Wildman–Crippen MR) is 145 cm³/mol. The Labute approximate surface area is 217 Å². The minimum Gasteiger partial charge on any atom is -0.351 e. The van der Waals surface area contributed by atoms with Gasteiger partial charge in [-0.15, -0.1) is 9.98 Å². The molecule has 0 N–H and O–H groups in total. The summed E-state index contributed by atoms with van der Waals surface area (Å²) in [5.41, 5.74) is 9.47. The van der Waals surface area contributed by atoms with E-state index in [0.717, 1.165) is 22.3 Å². The van der Waals surface area contributed by atoms with Gasteiger partial charge in [-0.3, -0.25) is 0 Å². The highest BCUT2D eigenvalue weighted by molar-refractivity contribution is 6.05. The molecule has 178 valence electrons. The fraction of sp³-hybridized carbons (Fsp3) is 0.290.